The monoisotopic (exact) mass is 468 g/mol. The average molecular weight is 468 g/mol. The number of unbranched alkanes of at least 4 members (excludes halogenated alkanes) is 1. The Hall–Kier alpha value is -3.75. The standard InChI is InChI=1S/C25H25FN2O6/c1-3-5-10-33-23-19(25(31)32-4-2)24(30)28-13-18(29)14-34-22-16(12-27-20(23)21(22)28)11-15-6-8-17(26)9-7-15/h6-9,12H,3-5,10-11,13-14H2,1-2H3. The molecule has 1 aromatic carbocycles. The molecule has 0 spiro atoms. The number of pyridine rings is 2. The number of Topliss-reactive ketones (excluding diaryl/α,β-unsaturated/α-hetero) is 1. The van der Waals surface area contributed by atoms with E-state index in [1.54, 1.807) is 25.3 Å². The van der Waals surface area contributed by atoms with Crippen molar-refractivity contribution >= 4 is 22.8 Å². The summed E-state index contributed by atoms with van der Waals surface area (Å²) >= 11 is 0. The van der Waals surface area contributed by atoms with Gasteiger partial charge in [-0.15, -0.1) is 0 Å². The first-order chi connectivity index (χ1) is 16.4. The van der Waals surface area contributed by atoms with E-state index in [1.807, 2.05) is 6.92 Å². The highest BCUT2D eigenvalue weighted by Crippen LogP contribution is 2.36. The van der Waals surface area contributed by atoms with Gasteiger partial charge >= 0.3 is 5.97 Å². The maximum atomic E-state index is 13.5. The van der Waals surface area contributed by atoms with E-state index in [4.69, 9.17) is 14.2 Å². The van der Waals surface area contributed by atoms with Crippen molar-refractivity contribution in [2.45, 2.75) is 39.7 Å². The van der Waals surface area contributed by atoms with Gasteiger partial charge < -0.3 is 14.2 Å². The Morgan fingerprint density at radius 3 is 2.68 bits per heavy atom. The molecule has 0 radical (unpaired) electrons. The Morgan fingerprint density at radius 1 is 1.21 bits per heavy atom. The van der Waals surface area contributed by atoms with Crippen LogP contribution in [0.5, 0.6) is 11.5 Å². The summed E-state index contributed by atoms with van der Waals surface area (Å²) in [5, 5.41) is 0. The predicted molar refractivity (Wildman–Crippen MR) is 122 cm³/mol. The zero-order chi connectivity index (χ0) is 24.2. The molecule has 178 valence electrons. The molecule has 4 rings (SSSR count). The van der Waals surface area contributed by atoms with E-state index in [1.165, 1.54) is 16.7 Å². The van der Waals surface area contributed by atoms with E-state index in [0.717, 1.165) is 12.0 Å². The van der Waals surface area contributed by atoms with E-state index in [-0.39, 0.29) is 60.3 Å². The van der Waals surface area contributed by atoms with Crippen LogP contribution in [0.1, 0.15) is 48.2 Å². The number of carbonyl (C=O) groups excluding carboxylic acids is 2. The second kappa shape index (κ2) is 10.0. The topological polar surface area (TPSA) is 96.7 Å². The van der Waals surface area contributed by atoms with E-state index in [2.05, 4.69) is 4.98 Å². The molecule has 3 heterocycles. The molecular formula is C25H25FN2O6. The van der Waals surface area contributed by atoms with Crippen molar-refractivity contribution < 1.29 is 28.2 Å². The Morgan fingerprint density at radius 2 is 1.97 bits per heavy atom. The van der Waals surface area contributed by atoms with Crippen LogP contribution in [-0.2, 0) is 22.5 Å². The normalized spacial score (nSPS) is 12.9. The highest BCUT2D eigenvalue weighted by Gasteiger charge is 2.31. The Bertz CT molecular complexity index is 1300. The number of ether oxygens (including phenoxy) is 3. The first-order valence-corrected chi connectivity index (χ1v) is 11.2. The lowest BCUT2D eigenvalue weighted by Crippen LogP contribution is -2.31. The molecule has 1 aliphatic rings. The molecule has 2 aromatic heterocycles. The lowest BCUT2D eigenvalue weighted by atomic mass is 10.0. The van der Waals surface area contributed by atoms with Gasteiger partial charge in [0, 0.05) is 18.2 Å². The Labute approximate surface area is 195 Å². The predicted octanol–water partition coefficient (Wildman–Crippen LogP) is 3.44. The van der Waals surface area contributed by atoms with Crippen molar-refractivity contribution in [2.24, 2.45) is 0 Å². The minimum absolute atomic E-state index is 0.0238. The van der Waals surface area contributed by atoms with Crippen LogP contribution < -0.4 is 15.0 Å². The molecular weight excluding hydrogens is 443 g/mol. The highest BCUT2D eigenvalue weighted by molar-refractivity contribution is 6.01. The number of carbonyl (C=O) groups is 2. The summed E-state index contributed by atoms with van der Waals surface area (Å²) in [6, 6.07) is 6.00. The summed E-state index contributed by atoms with van der Waals surface area (Å²) in [5.74, 6) is -1.18. The molecule has 3 aromatic rings. The van der Waals surface area contributed by atoms with E-state index in [0.29, 0.717) is 24.2 Å². The van der Waals surface area contributed by atoms with Crippen LogP contribution in [0, 0.1) is 5.82 Å². The lowest BCUT2D eigenvalue weighted by molar-refractivity contribution is -0.121. The molecule has 34 heavy (non-hydrogen) atoms. The third-order valence-electron chi connectivity index (χ3n) is 5.50. The number of esters is 1. The van der Waals surface area contributed by atoms with Crippen molar-refractivity contribution in [1.82, 2.24) is 9.55 Å². The van der Waals surface area contributed by atoms with Crippen LogP contribution >= 0.6 is 0 Å². The first-order valence-electron chi connectivity index (χ1n) is 11.2. The largest absolute Gasteiger partial charge is 0.490 e. The summed E-state index contributed by atoms with van der Waals surface area (Å²) in [7, 11) is 0. The third kappa shape index (κ3) is 4.50. The van der Waals surface area contributed by atoms with Crippen LogP contribution in [0.2, 0.25) is 0 Å². The molecule has 8 nitrogen and oxygen atoms in total. The summed E-state index contributed by atoms with van der Waals surface area (Å²) in [6.45, 7) is 3.46. The summed E-state index contributed by atoms with van der Waals surface area (Å²) in [4.78, 5) is 43.2. The van der Waals surface area contributed by atoms with Gasteiger partial charge in [0.1, 0.15) is 23.5 Å². The summed E-state index contributed by atoms with van der Waals surface area (Å²) in [5.41, 5.74) is 0.962. The number of hydrogen-bond donors (Lipinski definition) is 0. The van der Waals surface area contributed by atoms with E-state index in [9.17, 15) is 18.8 Å². The van der Waals surface area contributed by atoms with Gasteiger partial charge in [-0.05, 0) is 31.0 Å². The number of hydrogen-bond acceptors (Lipinski definition) is 7. The van der Waals surface area contributed by atoms with Crippen molar-refractivity contribution in [2.75, 3.05) is 19.8 Å². The maximum Gasteiger partial charge on any atom is 0.347 e. The van der Waals surface area contributed by atoms with Crippen LogP contribution in [-0.4, -0.2) is 41.1 Å². The zero-order valence-electron chi connectivity index (χ0n) is 19.1. The molecule has 0 atom stereocenters. The lowest BCUT2D eigenvalue weighted by Gasteiger charge is -2.18. The van der Waals surface area contributed by atoms with Gasteiger partial charge in [0.05, 0.1) is 19.8 Å². The number of aromatic nitrogens is 2. The minimum Gasteiger partial charge on any atom is -0.490 e. The smallest absolute Gasteiger partial charge is 0.347 e. The molecule has 0 unspecified atom stereocenters. The first kappa shape index (κ1) is 23.4. The molecule has 1 aliphatic heterocycles. The summed E-state index contributed by atoms with van der Waals surface area (Å²) in [6.07, 6.45) is 3.46. The average Bonchev–Trinajstić information content (AvgIpc) is 2.99. The molecule has 0 fully saturated rings. The Balaban J connectivity index is 1.97. The third-order valence-corrected chi connectivity index (χ3v) is 5.50. The maximum absolute atomic E-state index is 13.5. The molecule has 0 bridgehead atoms. The van der Waals surface area contributed by atoms with Gasteiger partial charge in [-0.25, -0.2) is 9.18 Å². The molecule has 0 saturated carbocycles. The fourth-order valence-electron chi connectivity index (χ4n) is 3.87. The number of halogens is 1. The van der Waals surface area contributed by atoms with Gasteiger partial charge in [-0.3, -0.25) is 19.1 Å². The number of rotatable bonds is 8. The number of ketones is 1. The van der Waals surface area contributed by atoms with Crippen molar-refractivity contribution in [3.8, 4) is 11.5 Å². The van der Waals surface area contributed by atoms with Crippen molar-refractivity contribution in [3.63, 3.8) is 0 Å². The van der Waals surface area contributed by atoms with Gasteiger partial charge in [-0.2, -0.15) is 0 Å². The SMILES string of the molecule is CCCCOc1c(C(=O)OCC)c(=O)n2c3c(c(Cc4ccc(F)cc4)cnc13)OCC(=O)C2. The molecule has 0 N–H and O–H groups in total. The quantitative estimate of drug-likeness (QED) is 0.369. The number of nitrogens with zero attached hydrogens (tertiary/aromatic N) is 2. The second-order valence-electron chi connectivity index (χ2n) is 7.96. The van der Waals surface area contributed by atoms with Gasteiger partial charge in [0.25, 0.3) is 5.56 Å². The highest BCUT2D eigenvalue weighted by atomic mass is 19.1. The van der Waals surface area contributed by atoms with Gasteiger partial charge in [0.2, 0.25) is 0 Å². The van der Waals surface area contributed by atoms with Crippen LogP contribution in [0.4, 0.5) is 4.39 Å². The van der Waals surface area contributed by atoms with Crippen molar-refractivity contribution in [1.29, 1.82) is 0 Å². The molecule has 0 aliphatic carbocycles. The van der Waals surface area contributed by atoms with E-state index < -0.39 is 11.5 Å². The van der Waals surface area contributed by atoms with Crippen molar-refractivity contribution in [3.05, 3.63) is 63.3 Å². The number of benzene rings is 1. The summed E-state index contributed by atoms with van der Waals surface area (Å²) < 4.78 is 31.4. The molecule has 0 saturated heterocycles. The zero-order valence-corrected chi connectivity index (χ0v) is 19.1. The van der Waals surface area contributed by atoms with Crippen LogP contribution in [0.25, 0.3) is 11.0 Å². The van der Waals surface area contributed by atoms with Crippen LogP contribution in [0.3, 0.4) is 0 Å². The van der Waals surface area contributed by atoms with E-state index >= 15 is 0 Å². The molecule has 9 heteroatoms. The Kier molecular flexibility index (Phi) is 6.90. The van der Waals surface area contributed by atoms with Crippen LogP contribution in [0.15, 0.2) is 35.3 Å². The molecule has 0 amide bonds. The fraction of sp³-hybridized carbons (Fsp3) is 0.360. The second-order valence-corrected chi connectivity index (χ2v) is 7.96. The van der Waals surface area contributed by atoms with Gasteiger partial charge in [-0.1, -0.05) is 25.5 Å². The minimum atomic E-state index is -0.832. The van der Waals surface area contributed by atoms with Gasteiger partial charge in [0.15, 0.2) is 22.8 Å². The fourth-order valence-corrected chi connectivity index (χ4v) is 3.87.